The number of aromatic nitrogens is 1. The molecule has 1 aliphatic heterocycles. The zero-order valence-electron chi connectivity index (χ0n) is 15.0. The van der Waals surface area contributed by atoms with Crippen LogP contribution in [-0.4, -0.2) is 48.2 Å². The third-order valence-electron chi connectivity index (χ3n) is 5.49. The van der Waals surface area contributed by atoms with Crippen molar-refractivity contribution < 1.29 is 22.7 Å². The largest absolute Gasteiger partial charge is 0.401 e. The molecular formula is C19H22F3N3O2. The molecule has 8 heteroatoms. The van der Waals surface area contributed by atoms with Crippen LogP contribution in [-0.2, 0) is 16.1 Å². The smallest absolute Gasteiger partial charge is 0.376 e. The number of benzene rings is 1. The van der Waals surface area contributed by atoms with Gasteiger partial charge in [0.2, 0.25) is 5.91 Å². The third kappa shape index (κ3) is 4.11. The lowest BCUT2D eigenvalue weighted by molar-refractivity contribution is -0.145. The van der Waals surface area contributed by atoms with E-state index in [-0.39, 0.29) is 5.91 Å². The van der Waals surface area contributed by atoms with Gasteiger partial charge in [-0.25, -0.2) is 0 Å². The Hall–Kier alpha value is -2.06. The molecule has 2 unspecified atom stereocenters. The zero-order valence-corrected chi connectivity index (χ0v) is 15.0. The fourth-order valence-corrected chi connectivity index (χ4v) is 4.23. The van der Waals surface area contributed by atoms with Crippen LogP contribution < -0.4 is 5.32 Å². The second-order valence-electron chi connectivity index (χ2n) is 7.58. The molecule has 2 N–H and O–H groups in total. The summed E-state index contributed by atoms with van der Waals surface area (Å²) in [5.41, 5.74) is 2.67. The van der Waals surface area contributed by atoms with Crippen LogP contribution in [0.2, 0.25) is 0 Å². The van der Waals surface area contributed by atoms with Gasteiger partial charge in [0.05, 0.1) is 25.4 Å². The molecule has 0 bridgehead atoms. The molecule has 146 valence electrons. The molecule has 1 amide bonds. The van der Waals surface area contributed by atoms with E-state index >= 15 is 0 Å². The van der Waals surface area contributed by atoms with Gasteiger partial charge in [0, 0.05) is 37.1 Å². The van der Waals surface area contributed by atoms with Crippen LogP contribution in [0.5, 0.6) is 0 Å². The number of ether oxygens (including phenoxy) is 1. The second-order valence-corrected chi connectivity index (χ2v) is 7.58. The summed E-state index contributed by atoms with van der Waals surface area (Å²) < 4.78 is 43.1. The molecule has 2 aliphatic rings. The van der Waals surface area contributed by atoms with Gasteiger partial charge in [0.1, 0.15) is 0 Å². The average Bonchev–Trinajstić information content (AvgIpc) is 2.92. The molecule has 2 atom stereocenters. The summed E-state index contributed by atoms with van der Waals surface area (Å²) in [6.07, 6.45) is -2.36. The third-order valence-corrected chi connectivity index (χ3v) is 5.49. The number of alkyl halides is 3. The van der Waals surface area contributed by atoms with Crippen molar-refractivity contribution in [2.24, 2.45) is 17.8 Å². The Morgan fingerprint density at radius 2 is 2.07 bits per heavy atom. The quantitative estimate of drug-likeness (QED) is 0.807. The summed E-state index contributed by atoms with van der Waals surface area (Å²) >= 11 is 0. The number of halogens is 3. The molecule has 27 heavy (non-hydrogen) atoms. The molecular weight excluding hydrogens is 359 g/mol. The number of carbonyl (C=O) groups excluding carboxylic acids is 1. The SMILES string of the molecule is CC(=O)Nc1c[nH]c2ccc(COCC3C4CN(CC(F)(F)F)CC34)cc12. The van der Waals surface area contributed by atoms with Crippen molar-refractivity contribution in [1.82, 2.24) is 9.88 Å². The number of carbonyl (C=O) groups is 1. The Balaban J connectivity index is 1.27. The molecule has 0 radical (unpaired) electrons. The van der Waals surface area contributed by atoms with Gasteiger partial charge in [0.15, 0.2) is 0 Å². The Morgan fingerprint density at radius 3 is 2.74 bits per heavy atom. The Labute approximate surface area is 154 Å². The fourth-order valence-electron chi connectivity index (χ4n) is 4.23. The topological polar surface area (TPSA) is 57.4 Å². The molecule has 1 aromatic heterocycles. The molecule has 2 heterocycles. The first-order valence-electron chi connectivity index (χ1n) is 9.04. The van der Waals surface area contributed by atoms with Crippen molar-refractivity contribution in [3.8, 4) is 0 Å². The maximum Gasteiger partial charge on any atom is 0.401 e. The van der Waals surface area contributed by atoms with E-state index in [1.165, 1.54) is 11.8 Å². The van der Waals surface area contributed by atoms with Gasteiger partial charge in [-0.1, -0.05) is 6.07 Å². The number of nitrogens with zero attached hydrogens (tertiary/aromatic N) is 1. The van der Waals surface area contributed by atoms with Gasteiger partial charge >= 0.3 is 6.18 Å². The fraction of sp³-hybridized carbons (Fsp3) is 0.526. The Kier molecular flexibility index (Phi) is 4.63. The van der Waals surface area contributed by atoms with Gasteiger partial charge in [-0.05, 0) is 35.4 Å². The molecule has 5 nitrogen and oxygen atoms in total. The first-order valence-corrected chi connectivity index (χ1v) is 9.04. The highest BCUT2D eigenvalue weighted by Gasteiger charge is 2.56. The summed E-state index contributed by atoms with van der Waals surface area (Å²) in [5.74, 6) is 0.926. The minimum absolute atomic E-state index is 0.127. The first kappa shape index (κ1) is 18.3. The van der Waals surface area contributed by atoms with E-state index in [1.807, 2.05) is 18.2 Å². The van der Waals surface area contributed by atoms with Crippen molar-refractivity contribution in [3.05, 3.63) is 30.0 Å². The summed E-state index contributed by atoms with van der Waals surface area (Å²) in [5, 5.41) is 3.72. The molecule has 2 fully saturated rings. The maximum atomic E-state index is 12.4. The lowest BCUT2D eigenvalue weighted by Gasteiger charge is -2.20. The summed E-state index contributed by atoms with van der Waals surface area (Å²) in [7, 11) is 0. The van der Waals surface area contributed by atoms with E-state index in [1.54, 1.807) is 6.20 Å². The van der Waals surface area contributed by atoms with Crippen LogP contribution >= 0.6 is 0 Å². The molecule has 1 aromatic carbocycles. The summed E-state index contributed by atoms with van der Waals surface area (Å²) in [6.45, 7) is 2.73. The van der Waals surface area contributed by atoms with Crippen molar-refractivity contribution in [3.63, 3.8) is 0 Å². The Bertz CT molecular complexity index is 836. The lowest BCUT2D eigenvalue weighted by Crippen LogP contribution is -2.34. The number of H-pyrrole nitrogens is 1. The summed E-state index contributed by atoms with van der Waals surface area (Å²) in [6, 6.07) is 5.89. The molecule has 1 saturated heterocycles. The van der Waals surface area contributed by atoms with E-state index < -0.39 is 12.7 Å². The standard InChI is InChI=1S/C19H22F3N3O2/c1-11(26)24-18-5-23-17-3-2-12(4-13(17)18)8-27-9-16-14-6-25(7-15(14)16)10-19(20,21)22/h2-5,14-16,23H,6-10H2,1H3,(H,24,26). The Morgan fingerprint density at radius 1 is 1.33 bits per heavy atom. The predicted molar refractivity (Wildman–Crippen MR) is 95.2 cm³/mol. The number of rotatable bonds is 6. The highest BCUT2D eigenvalue weighted by molar-refractivity contribution is 6.01. The van der Waals surface area contributed by atoms with Crippen LogP contribution in [0.4, 0.5) is 18.9 Å². The number of hydrogen-bond acceptors (Lipinski definition) is 3. The first-order chi connectivity index (χ1) is 12.8. The number of hydrogen-bond donors (Lipinski definition) is 2. The number of aromatic amines is 1. The molecule has 0 spiro atoms. The highest BCUT2D eigenvalue weighted by Crippen LogP contribution is 2.52. The van der Waals surface area contributed by atoms with Crippen molar-refractivity contribution >= 4 is 22.5 Å². The maximum absolute atomic E-state index is 12.4. The molecule has 2 aromatic rings. The van der Waals surface area contributed by atoms with Crippen LogP contribution in [0.1, 0.15) is 12.5 Å². The van der Waals surface area contributed by atoms with E-state index in [9.17, 15) is 18.0 Å². The van der Waals surface area contributed by atoms with Crippen LogP contribution in [0.15, 0.2) is 24.4 Å². The lowest BCUT2D eigenvalue weighted by atomic mass is 10.1. The molecule has 1 saturated carbocycles. The molecule has 4 rings (SSSR count). The van der Waals surface area contributed by atoms with Gasteiger partial charge < -0.3 is 15.0 Å². The number of piperidine rings is 1. The van der Waals surface area contributed by atoms with Gasteiger partial charge in [-0.3, -0.25) is 9.69 Å². The normalized spacial score (nSPS) is 25.0. The zero-order chi connectivity index (χ0) is 19.2. The van der Waals surface area contributed by atoms with E-state index in [4.69, 9.17) is 4.74 Å². The average molecular weight is 381 g/mol. The van der Waals surface area contributed by atoms with Crippen LogP contribution in [0, 0.1) is 17.8 Å². The number of amides is 1. The number of nitrogens with one attached hydrogen (secondary N) is 2. The van der Waals surface area contributed by atoms with E-state index in [2.05, 4.69) is 10.3 Å². The van der Waals surface area contributed by atoms with E-state index in [0.29, 0.717) is 44.1 Å². The number of likely N-dealkylation sites (tertiary alicyclic amines) is 1. The van der Waals surface area contributed by atoms with Gasteiger partial charge in [0.25, 0.3) is 0 Å². The summed E-state index contributed by atoms with van der Waals surface area (Å²) in [4.78, 5) is 15.9. The second kappa shape index (κ2) is 6.83. The van der Waals surface area contributed by atoms with Crippen molar-refractivity contribution in [1.29, 1.82) is 0 Å². The van der Waals surface area contributed by atoms with Gasteiger partial charge in [-0.15, -0.1) is 0 Å². The molecule has 1 aliphatic carbocycles. The van der Waals surface area contributed by atoms with Gasteiger partial charge in [-0.2, -0.15) is 13.2 Å². The monoisotopic (exact) mass is 381 g/mol. The van der Waals surface area contributed by atoms with Crippen molar-refractivity contribution in [2.45, 2.75) is 19.7 Å². The number of anilines is 1. The van der Waals surface area contributed by atoms with Crippen LogP contribution in [0.25, 0.3) is 10.9 Å². The highest BCUT2D eigenvalue weighted by atomic mass is 19.4. The minimum Gasteiger partial charge on any atom is -0.376 e. The van der Waals surface area contributed by atoms with Crippen LogP contribution in [0.3, 0.4) is 0 Å². The number of fused-ring (bicyclic) bond motifs is 2. The van der Waals surface area contributed by atoms with E-state index in [0.717, 1.165) is 22.2 Å². The minimum atomic E-state index is -4.12. The predicted octanol–water partition coefficient (Wildman–Crippen LogP) is 3.38. The van der Waals surface area contributed by atoms with Crippen molar-refractivity contribution in [2.75, 3.05) is 31.6 Å².